The summed E-state index contributed by atoms with van der Waals surface area (Å²) in [7, 11) is 1.48. The number of aliphatic carboxylic acids is 1. The Morgan fingerprint density at radius 1 is 1.40 bits per heavy atom. The Labute approximate surface area is 152 Å². The topological polar surface area (TPSA) is 76.1 Å². The Morgan fingerprint density at radius 3 is 2.60 bits per heavy atom. The van der Waals surface area contributed by atoms with Gasteiger partial charge in [-0.1, -0.05) is 24.9 Å². The van der Waals surface area contributed by atoms with E-state index in [1.165, 1.54) is 25.0 Å². The van der Waals surface area contributed by atoms with E-state index in [0.717, 1.165) is 25.7 Å². The molecule has 1 aromatic carbocycles. The molecule has 1 aromatic rings. The van der Waals surface area contributed by atoms with Crippen LogP contribution in [0.15, 0.2) is 12.1 Å². The van der Waals surface area contributed by atoms with E-state index in [9.17, 15) is 14.7 Å². The number of rotatable bonds is 9. The van der Waals surface area contributed by atoms with Gasteiger partial charge in [0.2, 0.25) is 0 Å². The second kappa shape index (κ2) is 8.43. The van der Waals surface area contributed by atoms with Crippen molar-refractivity contribution >= 4 is 23.5 Å². The summed E-state index contributed by atoms with van der Waals surface area (Å²) in [6, 6.07) is 2.13. The highest BCUT2D eigenvalue weighted by molar-refractivity contribution is 6.32. The number of carboxylic acid groups (broad SMARTS) is 1. The molecule has 1 aliphatic rings. The highest BCUT2D eigenvalue weighted by atomic mass is 35.5. The van der Waals surface area contributed by atoms with Gasteiger partial charge in [0.15, 0.2) is 11.5 Å². The fourth-order valence-corrected chi connectivity index (χ4v) is 2.85. The summed E-state index contributed by atoms with van der Waals surface area (Å²) in [4.78, 5) is 25.6. The molecule has 0 saturated heterocycles. The maximum absolute atomic E-state index is 12.9. The molecule has 0 aliphatic heterocycles. The Hall–Kier alpha value is -1.95. The fourth-order valence-electron chi connectivity index (χ4n) is 2.58. The predicted molar refractivity (Wildman–Crippen MR) is 94.7 cm³/mol. The van der Waals surface area contributed by atoms with Crippen LogP contribution in [0.4, 0.5) is 0 Å². The van der Waals surface area contributed by atoms with Crippen molar-refractivity contribution in [1.29, 1.82) is 0 Å². The van der Waals surface area contributed by atoms with E-state index in [4.69, 9.17) is 21.1 Å². The molecule has 1 aliphatic carbocycles. The summed E-state index contributed by atoms with van der Waals surface area (Å²) in [5.74, 6) is -0.625. The standard InChI is InChI=1S/C18H24ClNO5/c1-4-5-8-25-16-14(19)9-12(10-15(16)24-3)17(21)20(13-6-7-13)11(2)18(22)23/h9-11,13H,4-8H2,1-3H3,(H,22,23). The molecule has 1 N–H and O–H groups in total. The third-order valence-corrected chi connectivity index (χ3v) is 4.45. The number of nitrogens with zero attached hydrogens (tertiary/aromatic N) is 1. The minimum atomic E-state index is -1.03. The van der Waals surface area contributed by atoms with Crippen LogP contribution in [0.3, 0.4) is 0 Å². The SMILES string of the molecule is CCCCOc1c(Cl)cc(C(=O)N(C2CC2)C(C)C(=O)O)cc1OC. The normalized spacial score (nSPS) is 14.7. The van der Waals surface area contributed by atoms with Gasteiger partial charge in [-0.25, -0.2) is 4.79 Å². The number of ether oxygens (including phenoxy) is 2. The maximum atomic E-state index is 12.9. The van der Waals surface area contributed by atoms with Gasteiger partial charge in [0.25, 0.3) is 5.91 Å². The van der Waals surface area contributed by atoms with E-state index in [0.29, 0.717) is 23.7 Å². The first kappa shape index (κ1) is 19.4. The molecule has 1 unspecified atom stereocenters. The van der Waals surface area contributed by atoms with E-state index in [-0.39, 0.29) is 17.0 Å². The number of carboxylic acids is 1. The number of benzene rings is 1. The molecule has 1 atom stereocenters. The van der Waals surface area contributed by atoms with E-state index in [1.54, 1.807) is 6.07 Å². The smallest absolute Gasteiger partial charge is 0.326 e. The quantitative estimate of drug-likeness (QED) is 0.673. The molecule has 7 heteroatoms. The molecule has 0 heterocycles. The molecule has 2 rings (SSSR count). The molecule has 0 radical (unpaired) electrons. The lowest BCUT2D eigenvalue weighted by atomic mass is 10.1. The van der Waals surface area contributed by atoms with E-state index < -0.39 is 12.0 Å². The van der Waals surface area contributed by atoms with Crippen LogP contribution in [-0.2, 0) is 4.79 Å². The summed E-state index contributed by atoms with van der Waals surface area (Å²) in [5.41, 5.74) is 0.296. The Bertz CT molecular complexity index is 645. The van der Waals surface area contributed by atoms with E-state index >= 15 is 0 Å². The zero-order valence-electron chi connectivity index (χ0n) is 14.8. The van der Waals surface area contributed by atoms with Crippen LogP contribution in [0.5, 0.6) is 11.5 Å². The summed E-state index contributed by atoms with van der Waals surface area (Å²) in [6.45, 7) is 4.07. The van der Waals surface area contributed by atoms with Gasteiger partial charge in [-0.15, -0.1) is 0 Å². The number of unbranched alkanes of at least 4 members (excludes halogenated alkanes) is 1. The maximum Gasteiger partial charge on any atom is 0.326 e. The summed E-state index contributed by atoms with van der Waals surface area (Å²) >= 11 is 6.29. The molecule has 0 spiro atoms. The van der Waals surface area contributed by atoms with Crippen molar-refractivity contribution in [2.45, 2.75) is 51.6 Å². The summed E-state index contributed by atoms with van der Waals surface area (Å²) in [6.07, 6.45) is 3.49. The first-order chi connectivity index (χ1) is 11.9. The number of hydrogen-bond acceptors (Lipinski definition) is 4. The average molecular weight is 370 g/mol. The Kier molecular flexibility index (Phi) is 6.53. The van der Waals surface area contributed by atoms with Crippen molar-refractivity contribution in [3.8, 4) is 11.5 Å². The van der Waals surface area contributed by atoms with Crippen LogP contribution in [0.2, 0.25) is 5.02 Å². The number of hydrogen-bond donors (Lipinski definition) is 1. The molecule has 1 fully saturated rings. The van der Waals surface area contributed by atoms with Gasteiger partial charge in [-0.3, -0.25) is 4.79 Å². The van der Waals surface area contributed by atoms with Crippen molar-refractivity contribution < 1.29 is 24.2 Å². The largest absolute Gasteiger partial charge is 0.493 e. The lowest BCUT2D eigenvalue weighted by Gasteiger charge is -2.27. The van der Waals surface area contributed by atoms with Gasteiger partial charge in [-0.05, 0) is 38.3 Å². The molecule has 0 bridgehead atoms. The van der Waals surface area contributed by atoms with Crippen LogP contribution in [0.25, 0.3) is 0 Å². The highest BCUT2D eigenvalue weighted by Crippen LogP contribution is 2.38. The monoisotopic (exact) mass is 369 g/mol. The van der Waals surface area contributed by atoms with Crippen molar-refractivity contribution in [2.75, 3.05) is 13.7 Å². The molecule has 1 saturated carbocycles. The molecular weight excluding hydrogens is 346 g/mol. The number of carbonyl (C=O) groups is 2. The molecule has 0 aromatic heterocycles. The van der Waals surface area contributed by atoms with Crippen LogP contribution in [-0.4, -0.2) is 47.7 Å². The molecular formula is C18H24ClNO5. The van der Waals surface area contributed by atoms with Gasteiger partial charge in [-0.2, -0.15) is 0 Å². The third kappa shape index (κ3) is 4.57. The minimum absolute atomic E-state index is 0.0381. The molecule has 25 heavy (non-hydrogen) atoms. The van der Waals surface area contributed by atoms with Crippen molar-refractivity contribution in [3.63, 3.8) is 0 Å². The van der Waals surface area contributed by atoms with Crippen LogP contribution >= 0.6 is 11.6 Å². The lowest BCUT2D eigenvalue weighted by molar-refractivity contribution is -0.141. The van der Waals surface area contributed by atoms with Crippen molar-refractivity contribution in [2.24, 2.45) is 0 Å². The lowest BCUT2D eigenvalue weighted by Crippen LogP contribution is -2.44. The van der Waals surface area contributed by atoms with Crippen LogP contribution in [0.1, 0.15) is 49.9 Å². The van der Waals surface area contributed by atoms with Gasteiger partial charge in [0.05, 0.1) is 18.7 Å². The second-order valence-corrected chi connectivity index (χ2v) is 6.56. The molecule has 6 nitrogen and oxygen atoms in total. The van der Waals surface area contributed by atoms with Crippen LogP contribution in [0, 0.1) is 0 Å². The van der Waals surface area contributed by atoms with Crippen molar-refractivity contribution in [3.05, 3.63) is 22.7 Å². The zero-order valence-corrected chi connectivity index (χ0v) is 15.5. The third-order valence-electron chi connectivity index (χ3n) is 4.17. The number of amides is 1. The molecule has 138 valence electrons. The number of halogens is 1. The van der Waals surface area contributed by atoms with E-state index in [2.05, 4.69) is 6.92 Å². The average Bonchev–Trinajstić information content (AvgIpc) is 3.40. The summed E-state index contributed by atoms with van der Waals surface area (Å²) < 4.78 is 11.0. The number of carbonyl (C=O) groups excluding carboxylic acids is 1. The number of methoxy groups -OCH3 is 1. The van der Waals surface area contributed by atoms with Gasteiger partial charge in [0.1, 0.15) is 6.04 Å². The minimum Gasteiger partial charge on any atom is -0.493 e. The van der Waals surface area contributed by atoms with Crippen LogP contribution < -0.4 is 9.47 Å². The molecule has 1 amide bonds. The Balaban J connectivity index is 2.30. The predicted octanol–water partition coefficient (Wildman–Crippen LogP) is 3.61. The van der Waals surface area contributed by atoms with Crippen molar-refractivity contribution in [1.82, 2.24) is 4.90 Å². The van der Waals surface area contributed by atoms with Gasteiger partial charge in [0, 0.05) is 11.6 Å². The highest BCUT2D eigenvalue weighted by Gasteiger charge is 2.39. The Morgan fingerprint density at radius 2 is 2.08 bits per heavy atom. The zero-order chi connectivity index (χ0) is 18.6. The fraction of sp³-hybridized carbons (Fsp3) is 0.556. The van der Waals surface area contributed by atoms with Gasteiger partial charge >= 0.3 is 5.97 Å². The van der Waals surface area contributed by atoms with E-state index in [1.807, 2.05) is 0 Å². The second-order valence-electron chi connectivity index (χ2n) is 6.15. The first-order valence-corrected chi connectivity index (χ1v) is 8.84. The first-order valence-electron chi connectivity index (χ1n) is 8.46. The summed E-state index contributed by atoms with van der Waals surface area (Å²) in [5, 5.41) is 9.56. The van der Waals surface area contributed by atoms with Gasteiger partial charge < -0.3 is 19.5 Å².